The lowest BCUT2D eigenvalue weighted by atomic mass is 10.2. The summed E-state index contributed by atoms with van der Waals surface area (Å²) in [6.07, 6.45) is 2.24. The van der Waals surface area contributed by atoms with Crippen LogP contribution in [0.15, 0.2) is 53.5 Å². The van der Waals surface area contributed by atoms with E-state index in [1.54, 1.807) is 25.3 Å². The van der Waals surface area contributed by atoms with Gasteiger partial charge < -0.3 is 29.7 Å². The van der Waals surface area contributed by atoms with Crippen molar-refractivity contribution in [2.45, 2.75) is 18.9 Å². The third kappa shape index (κ3) is 5.31. The summed E-state index contributed by atoms with van der Waals surface area (Å²) >= 11 is 0. The predicted molar refractivity (Wildman–Crippen MR) is 125 cm³/mol. The standard InChI is InChI=1S/C24H30N4O4/c1-31-22-10-3-2-9-21(22)27-11-13-28(14-12-27)24(25-17-20-8-5-15-32-20)26-19-7-4-6-18(16-19)23(29)30/h2-4,6-7,9-10,16,20H,5,8,11-15,17H2,1H3,(H,25,26)(H,29,30)/t20-/m0/s1. The summed E-state index contributed by atoms with van der Waals surface area (Å²) in [5.74, 6) is 0.677. The lowest BCUT2D eigenvalue weighted by molar-refractivity contribution is 0.0697. The largest absolute Gasteiger partial charge is 0.495 e. The van der Waals surface area contributed by atoms with Crippen LogP contribution in [0.5, 0.6) is 5.75 Å². The molecule has 0 aliphatic carbocycles. The Morgan fingerprint density at radius 1 is 1.19 bits per heavy atom. The second kappa shape index (κ2) is 10.4. The normalized spacial score (nSPS) is 19.2. The molecule has 0 radical (unpaired) electrons. The van der Waals surface area contributed by atoms with Gasteiger partial charge in [0.15, 0.2) is 5.96 Å². The van der Waals surface area contributed by atoms with E-state index in [1.165, 1.54) is 0 Å². The van der Waals surface area contributed by atoms with Gasteiger partial charge in [0.1, 0.15) is 5.75 Å². The number of piperazine rings is 1. The van der Waals surface area contributed by atoms with Crippen LogP contribution in [0.2, 0.25) is 0 Å². The average molecular weight is 439 g/mol. The van der Waals surface area contributed by atoms with Gasteiger partial charge >= 0.3 is 5.97 Å². The highest BCUT2D eigenvalue weighted by molar-refractivity contribution is 5.96. The highest BCUT2D eigenvalue weighted by Gasteiger charge is 2.23. The fourth-order valence-corrected chi connectivity index (χ4v) is 4.10. The number of aliphatic imine (C=N–C) groups is 1. The number of carboxylic acids is 1. The smallest absolute Gasteiger partial charge is 0.335 e. The van der Waals surface area contributed by atoms with Crippen molar-refractivity contribution in [2.24, 2.45) is 4.99 Å². The molecule has 2 aliphatic rings. The molecule has 2 fully saturated rings. The number of guanidine groups is 1. The molecule has 0 unspecified atom stereocenters. The van der Waals surface area contributed by atoms with Gasteiger partial charge in [-0.15, -0.1) is 0 Å². The minimum absolute atomic E-state index is 0.145. The number of nitrogens with one attached hydrogen (secondary N) is 1. The average Bonchev–Trinajstić information content (AvgIpc) is 3.36. The van der Waals surface area contributed by atoms with E-state index in [-0.39, 0.29) is 11.7 Å². The Morgan fingerprint density at radius 2 is 2.00 bits per heavy atom. The zero-order valence-corrected chi connectivity index (χ0v) is 18.4. The number of anilines is 2. The topological polar surface area (TPSA) is 86.6 Å². The molecule has 2 saturated heterocycles. The lowest BCUT2D eigenvalue weighted by Crippen LogP contribution is -2.51. The minimum Gasteiger partial charge on any atom is -0.495 e. The fraction of sp³-hybridized carbons (Fsp3) is 0.417. The Balaban J connectivity index is 1.48. The van der Waals surface area contributed by atoms with Gasteiger partial charge in [-0.2, -0.15) is 0 Å². The van der Waals surface area contributed by atoms with Crippen molar-refractivity contribution in [1.82, 2.24) is 4.90 Å². The van der Waals surface area contributed by atoms with Crippen LogP contribution in [0.3, 0.4) is 0 Å². The van der Waals surface area contributed by atoms with Crippen molar-refractivity contribution >= 4 is 23.3 Å². The summed E-state index contributed by atoms with van der Waals surface area (Å²) in [5.41, 5.74) is 2.05. The summed E-state index contributed by atoms with van der Waals surface area (Å²) < 4.78 is 11.3. The molecular weight excluding hydrogens is 408 g/mol. The minimum atomic E-state index is -0.947. The first-order valence-corrected chi connectivity index (χ1v) is 11.0. The Morgan fingerprint density at radius 3 is 2.72 bits per heavy atom. The summed E-state index contributed by atoms with van der Waals surface area (Å²) in [6, 6.07) is 14.9. The SMILES string of the molecule is COc1ccccc1N1CCN(C(=NC[C@@H]2CCCO2)Nc2cccc(C(=O)O)c2)CC1. The zero-order chi connectivity index (χ0) is 22.3. The van der Waals surface area contributed by atoms with Crippen molar-refractivity contribution in [1.29, 1.82) is 0 Å². The van der Waals surface area contributed by atoms with E-state index in [0.717, 1.165) is 63.0 Å². The first-order chi connectivity index (χ1) is 15.6. The number of aromatic carboxylic acids is 1. The molecule has 0 aromatic heterocycles. The highest BCUT2D eigenvalue weighted by atomic mass is 16.5. The van der Waals surface area contributed by atoms with Crippen molar-refractivity contribution in [3.63, 3.8) is 0 Å². The van der Waals surface area contributed by atoms with Crippen molar-refractivity contribution in [2.75, 3.05) is 56.7 Å². The van der Waals surface area contributed by atoms with E-state index in [4.69, 9.17) is 14.5 Å². The molecule has 2 heterocycles. The fourth-order valence-electron chi connectivity index (χ4n) is 4.10. The summed E-state index contributed by atoms with van der Waals surface area (Å²) in [4.78, 5) is 20.7. The molecule has 2 aliphatic heterocycles. The number of ether oxygens (including phenoxy) is 2. The van der Waals surface area contributed by atoms with E-state index in [0.29, 0.717) is 12.2 Å². The zero-order valence-electron chi connectivity index (χ0n) is 18.4. The Labute approximate surface area is 188 Å². The monoisotopic (exact) mass is 438 g/mol. The maximum atomic E-state index is 11.4. The van der Waals surface area contributed by atoms with Crippen LogP contribution in [0, 0.1) is 0 Å². The molecule has 2 aromatic carbocycles. The van der Waals surface area contributed by atoms with E-state index in [9.17, 15) is 9.90 Å². The third-order valence-corrected chi connectivity index (χ3v) is 5.84. The van der Waals surface area contributed by atoms with Crippen LogP contribution >= 0.6 is 0 Å². The molecule has 8 heteroatoms. The van der Waals surface area contributed by atoms with Gasteiger partial charge in [-0.3, -0.25) is 4.99 Å². The molecule has 2 aromatic rings. The Kier molecular flexibility index (Phi) is 7.11. The molecule has 0 spiro atoms. The quantitative estimate of drug-likeness (QED) is 0.529. The number of para-hydroxylation sites is 2. The van der Waals surface area contributed by atoms with Crippen LogP contribution in [0.1, 0.15) is 23.2 Å². The Bertz CT molecular complexity index is 951. The van der Waals surface area contributed by atoms with Gasteiger partial charge in [-0.1, -0.05) is 18.2 Å². The second-order valence-corrected chi connectivity index (χ2v) is 7.96. The van der Waals surface area contributed by atoms with Crippen LogP contribution in [-0.4, -0.2) is 74.5 Å². The van der Waals surface area contributed by atoms with Gasteiger partial charge in [0.2, 0.25) is 0 Å². The van der Waals surface area contributed by atoms with Crippen LogP contribution in [-0.2, 0) is 4.74 Å². The van der Waals surface area contributed by atoms with E-state index in [1.807, 2.05) is 24.3 Å². The van der Waals surface area contributed by atoms with Gasteiger partial charge in [0.25, 0.3) is 0 Å². The van der Waals surface area contributed by atoms with Crippen molar-refractivity contribution in [3.05, 3.63) is 54.1 Å². The number of carboxylic acid groups (broad SMARTS) is 1. The van der Waals surface area contributed by atoms with Gasteiger partial charge in [-0.05, 0) is 43.2 Å². The van der Waals surface area contributed by atoms with Crippen molar-refractivity contribution < 1.29 is 19.4 Å². The van der Waals surface area contributed by atoms with E-state index >= 15 is 0 Å². The second-order valence-electron chi connectivity index (χ2n) is 7.96. The third-order valence-electron chi connectivity index (χ3n) is 5.84. The molecule has 2 N–H and O–H groups in total. The van der Waals surface area contributed by atoms with E-state index < -0.39 is 5.97 Å². The molecule has 170 valence electrons. The predicted octanol–water partition coefficient (Wildman–Crippen LogP) is 3.16. The number of carbonyl (C=O) groups is 1. The van der Waals surface area contributed by atoms with Crippen molar-refractivity contribution in [3.8, 4) is 5.75 Å². The molecule has 0 amide bonds. The first-order valence-electron chi connectivity index (χ1n) is 11.0. The van der Waals surface area contributed by atoms with Crippen LogP contribution in [0.25, 0.3) is 0 Å². The maximum Gasteiger partial charge on any atom is 0.335 e. The maximum absolute atomic E-state index is 11.4. The molecule has 4 rings (SSSR count). The van der Waals surface area contributed by atoms with E-state index in [2.05, 4.69) is 21.2 Å². The molecule has 0 bridgehead atoms. The highest BCUT2D eigenvalue weighted by Crippen LogP contribution is 2.28. The number of nitrogens with zero attached hydrogens (tertiary/aromatic N) is 3. The van der Waals surface area contributed by atoms with Crippen LogP contribution < -0.4 is 15.0 Å². The number of rotatable bonds is 6. The number of hydrogen-bond donors (Lipinski definition) is 2. The first kappa shape index (κ1) is 22.0. The van der Waals surface area contributed by atoms with Gasteiger partial charge in [0, 0.05) is 38.5 Å². The number of hydrogen-bond acceptors (Lipinski definition) is 5. The molecular formula is C24H30N4O4. The van der Waals surface area contributed by atoms with Crippen LogP contribution in [0.4, 0.5) is 11.4 Å². The lowest BCUT2D eigenvalue weighted by Gasteiger charge is -2.38. The van der Waals surface area contributed by atoms with Gasteiger partial charge in [0.05, 0.1) is 31.0 Å². The Hall–Kier alpha value is -3.26. The molecule has 1 atom stereocenters. The van der Waals surface area contributed by atoms with Gasteiger partial charge in [-0.25, -0.2) is 4.79 Å². The molecule has 32 heavy (non-hydrogen) atoms. The summed E-state index contributed by atoms with van der Waals surface area (Å²) in [6.45, 7) is 4.61. The summed E-state index contributed by atoms with van der Waals surface area (Å²) in [5, 5.41) is 12.7. The molecule has 0 saturated carbocycles. The summed E-state index contributed by atoms with van der Waals surface area (Å²) in [7, 11) is 1.69. The molecule has 8 nitrogen and oxygen atoms in total. The number of benzene rings is 2. The number of methoxy groups -OCH3 is 1.